The van der Waals surface area contributed by atoms with E-state index in [1.807, 2.05) is 51.2 Å². The van der Waals surface area contributed by atoms with Gasteiger partial charge in [-0.3, -0.25) is 9.48 Å². The fourth-order valence-corrected chi connectivity index (χ4v) is 1.78. The van der Waals surface area contributed by atoms with Crippen molar-refractivity contribution in [3.63, 3.8) is 0 Å². The van der Waals surface area contributed by atoms with E-state index in [0.717, 1.165) is 11.3 Å². The molecule has 0 radical (unpaired) electrons. The van der Waals surface area contributed by atoms with E-state index in [1.54, 1.807) is 17.0 Å². The number of benzene rings is 1. The quantitative estimate of drug-likeness (QED) is 0.610. The molecule has 0 bridgehead atoms. The standard InChI is InChI=1S/C15H16N2O/c1-11-4-6-13(7-5-11)8-9-15(18)14-10-17(3)16-12(14)2/h4-10H,1-3H3/b9-8+. The zero-order valence-corrected chi connectivity index (χ0v) is 10.8. The maximum absolute atomic E-state index is 12.0. The van der Waals surface area contributed by atoms with Crippen LogP contribution in [0, 0.1) is 13.8 Å². The van der Waals surface area contributed by atoms with Gasteiger partial charge in [-0.25, -0.2) is 0 Å². The minimum atomic E-state index is -0.0128. The van der Waals surface area contributed by atoms with Gasteiger partial charge in [-0.05, 0) is 25.5 Å². The fraction of sp³-hybridized carbons (Fsp3) is 0.200. The third-order valence-electron chi connectivity index (χ3n) is 2.78. The fourth-order valence-electron chi connectivity index (χ4n) is 1.78. The van der Waals surface area contributed by atoms with Crippen LogP contribution in [-0.4, -0.2) is 15.6 Å². The maximum atomic E-state index is 12.0. The Labute approximate surface area is 107 Å². The van der Waals surface area contributed by atoms with Gasteiger partial charge >= 0.3 is 0 Å². The lowest BCUT2D eigenvalue weighted by atomic mass is 10.1. The topological polar surface area (TPSA) is 34.9 Å². The first kappa shape index (κ1) is 12.3. The number of hydrogen-bond donors (Lipinski definition) is 0. The van der Waals surface area contributed by atoms with Crippen molar-refractivity contribution in [1.82, 2.24) is 9.78 Å². The predicted molar refractivity (Wildman–Crippen MR) is 72.5 cm³/mol. The number of carbonyl (C=O) groups is 1. The van der Waals surface area contributed by atoms with E-state index >= 15 is 0 Å². The summed E-state index contributed by atoms with van der Waals surface area (Å²) in [4.78, 5) is 12.0. The number of rotatable bonds is 3. The number of hydrogen-bond acceptors (Lipinski definition) is 2. The van der Waals surface area contributed by atoms with Gasteiger partial charge in [-0.1, -0.05) is 35.9 Å². The van der Waals surface area contributed by atoms with Crippen LogP contribution in [0.2, 0.25) is 0 Å². The average Bonchev–Trinajstić information content (AvgIpc) is 2.67. The Balaban J connectivity index is 2.16. The summed E-state index contributed by atoms with van der Waals surface area (Å²) < 4.78 is 1.66. The zero-order valence-electron chi connectivity index (χ0n) is 10.8. The van der Waals surface area contributed by atoms with Gasteiger partial charge in [0, 0.05) is 13.2 Å². The van der Waals surface area contributed by atoms with Gasteiger partial charge < -0.3 is 0 Å². The summed E-state index contributed by atoms with van der Waals surface area (Å²) in [5, 5.41) is 4.16. The van der Waals surface area contributed by atoms with Crippen LogP contribution in [0.25, 0.3) is 6.08 Å². The van der Waals surface area contributed by atoms with Gasteiger partial charge in [0.1, 0.15) is 0 Å². The van der Waals surface area contributed by atoms with Crippen LogP contribution in [0.4, 0.5) is 0 Å². The molecule has 0 atom stereocenters. The van der Waals surface area contributed by atoms with Crippen LogP contribution in [0.1, 0.15) is 27.2 Å². The van der Waals surface area contributed by atoms with Crippen molar-refractivity contribution >= 4 is 11.9 Å². The molecule has 0 aliphatic rings. The van der Waals surface area contributed by atoms with Gasteiger partial charge in [0.05, 0.1) is 11.3 Å². The molecule has 3 nitrogen and oxygen atoms in total. The number of nitrogens with zero attached hydrogens (tertiary/aromatic N) is 2. The van der Waals surface area contributed by atoms with Crippen molar-refractivity contribution in [3.05, 3.63) is 58.9 Å². The largest absolute Gasteiger partial charge is 0.289 e. The molecule has 3 heteroatoms. The SMILES string of the molecule is Cc1ccc(/C=C/C(=O)c2cn(C)nc2C)cc1. The van der Waals surface area contributed by atoms with E-state index in [-0.39, 0.29) is 5.78 Å². The van der Waals surface area contributed by atoms with Gasteiger partial charge in [0.25, 0.3) is 0 Å². The summed E-state index contributed by atoms with van der Waals surface area (Å²) in [7, 11) is 1.81. The Morgan fingerprint density at radius 2 is 1.89 bits per heavy atom. The Morgan fingerprint density at radius 3 is 2.44 bits per heavy atom. The van der Waals surface area contributed by atoms with Crippen LogP contribution in [-0.2, 0) is 7.05 Å². The molecule has 0 unspecified atom stereocenters. The minimum Gasteiger partial charge on any atom is -0.289 e. The highest BCUT2D eigenvalue weighted by Gasteiger charge is 2.08. The first-order chi connectivity index (χ1) is 8.56. The molecule has 0 amide bonds. The minimum absolute atomic E-state index is 0.0128. The number of ketones is 1. The second-order valence-electron chi connectivity index (χ2n) is 4.41. The van der Waals surface area contributed by atoms with E-state index < -0.39 is 0 Å². The van der Waals surface area contributed by atoms with Crippen molar-refractivity contribution < 1.29 is 4.79 Å². The number of carbonyl (C=O) groups excluding carboxylic acids is 1. The summed E-state index contributed by atoms with van der Waals surface area (Å²) in [5.41, 5.74) is 3.65. The molecular formula is C15H16N2O. The molecule has 1 aromatic heterocycles. The average molecular weight is 240 g/mol. The Bertz CT molecular complexity index is 591. The lowest BCUT2D eigenvalue weighted by molar-refractivity contribution is 0.104. The van der Waals surface area contributed by atoms with Gasteiger partial charge in [0.15, 0.2) is 5.78 Å². The van der Waals surface area contributed by atoms with Crippen molar-refractivity contribution in [2.45, 2.75) is 13.8 Å². The molecule has 1 heterocycles. The van der Waals surface area contributed by atoms with E-state index in [1.165, 1.54) is 5.56 Å². The zero-order chi connectivity index (χ0) is 13.1. The molecule has 1 aromatic carbocycles. The molecule has 0 N–H and O–H groups in total. The van der Waals surface area contributed by atoms with Crippen molar-refractivity contribution in [3.8, 4) is 0 Å². The van der Waals surface area contributed by atoms with Crippen molar-refractivity contribution in [2.24, 2.45) is 7.05 Å². The van der Waals surface area contributed by atoms with E-state index in [4.69, 9.17) is 0 Å². The molecular weight excluding hydrogens is 224 g/mol. The molecule has 0 spiro atoms. The second kappa shape index (κ2) is 5.00. The van der Waals surface area contributed by atoms with Crippen LogP contribution in [0.3, 0.4) is 0 Å². The smallest absolute Gasteiger partial charge is 0.189 e. The molecule has 0 saturated carbocycles. The van der Waals surface area contributed by atoms with Crippen LogP contribution >= 0.6 is 0 Å². The highest BCUT2D eigenvalue weighted by Crippen LogP contribution is 2.09. The third kappa shape index (κ3) is 2.74. The highest BCUT2D eigenvalue weighted by atomic mass is 16.1. The van der Waals surface area contributed by atoms with Crippen LogP contribution < -0.4 is 0 Å². The summed E-state index contributed by atoms with van der Waals surface area (Å²) in [6.07, 6.45) is 5.17. The Morgan fingerprint density at radius 1 is 1.22 bits per heavy atom. The normalized spacial score (nSPS) is 11.1. The molecule has 18 heavy (non-hydrogen) atoms. The van der Waals surface area contributed by atoms with Crippen molar-refractivity contribution in [2.75, 3.05) is 0 Å². The summed E-state index contributed by atoms with van der Waals surface area (Å²) >= 11 is 0. The summed E-state index contributed by atoms with van der Waals surface area (Å²) in [5.74, 6) is -0.0128. The molecule has 2 rings (SSSR count). The number of allylic oxidation sites excluding steroid dienone is 1. The van der Waals surface area contributed by atoms with Crippen LogP contribution in [0.5, 0.6) is 0 Å². The maximum Gasteiger partial charge on any atom is 0.189 e. The second-order valence-corrected chi connectivity index (χ2v) is 4.41. The number of aromatic nitrogens is 2. The molecule has 0 saturated heterocycles. The van der Waals surface area contributed by atoms with Gasteiger partial charge in [-0.2, -0.15) is 5.10 Å². The molecule has 0 fully saturated rings. The molecule has 92 valence electrons. The summed E-state index contributed by atoms with van der Waals surface area (Å²) in [6.45, 7) is 3.88. The third-order valence-corrected chi connectivity index (χ3v) is 2.78. The predicted octanol–water partition coefficient (Wildman–Crippen LogP) is 2.93. The lowest BCUT2D eigenvalue weighted by Gasteiger charge is -1.95. The Hall–Kier alpha value is -2.16. The Kier molecular flexibility index (Phi) is 3.42. The van der Waals surface area contributed by atoms with E-state index in [2.05, 4.69) is 5.10 Å². The van der Waals surface area contributed by atoms with Crippen LogP contribution in [0.15, 0.2) is 36.5 Å². The first-order valence-corrected chi connectivity index (χ1v) is 5.85. The molecule has 0 aliphatic heterocycles. The summed E-state index contributed by atoms with van der Waals surface area (Å²) in [6, 6.07) is 8.05. The van der Waals surface area contributed by atoms with E-state index in [0.29, 0.717) is 5.56 Å². The first-order valence-electron chi connectivity index (χ1n) is 5.85. The number of aryl methyl sites for hydroxylation is 3. The van der Waals surface area contributed by atoms with E-state index in [9.17, 15) is 4.79 Å². The molecule has 0 aliphatic carbocycles. The monoisotopic (exact) mass is 240 g/mol. The highest BCUT2D eigenvalue weighted by molar-refractivity contribution is 6.07. The van der Waals surface area contributed by atoms with Gasteiger partial charge in [0.2, 0.25) is 0 Å². The molecule has 2 aromatic rings. The van der Waals surface area contributed by atoms with Crippen molar-refractivity contribution in [1.29, 1.82) is 0 Å². The van der Waals surface area contributed by atoms with Gasteiger partial charge in [-0.15, -0.1) is 0 Å². The lowest BCUT2D eigenvalue weighted by Crippen LogP contribution is -1.94.